The molecule has 76 valence electrons. The summed E-state index contributed by atoms with van der Waals surface area (Å²) >= 11 is 0. The zero-order valence-corrected chi connectivity index (χ0v) is 7.64. The van der Waals surface area contributed by atoms with Crippen molar-refractivity contribution in [1.82, 2.24) is 9.88 Å². The molecule has 1 heterocycles. The van der Waals surface area contributed by atoms with Gasteiger partial charge >= 0.3 is 0 Å². The van der Waals surface area contributed by atoms with Gasteiger partial charge in [0.15, 0.2) is 0 Å². The summed E-state index contributed by atoms with van der Waals surface area (Å²) in [5, 5.41) is 10.9. The van der Waals surface area contributed by atoms with Crippen LogP contribution in [0, 0.1) is 0 Å². The summed E-state index contributed by atoms with van der Waals surface area (Å²) in [6.45, 7) is 0.0928. The van der Waals surface area contributed by atoms with Crippen molar-refractivity contribution in [2.24, 2.45) is 0 Å². The molecule has 0 aliphatic heterocycles. The minimum atomic E-state index is -0.285. The van der Waals surface area contributed by atoms with Crippen LogP contribution in [0.1, 0.15) is 0 Å². The lowest BCUT2D eigenvalue weighted by Crippen LogP contribution is -2.33. The fraction of sp³-hybridized carbons (Fsp3) is 0.333. The Morgan fingerprint density at radius 3 is 2.93 bits per heavy atom. The zero-order chi connectivity index (χ0) is 10.4. The average Bonchev–Trinajstić information content (AvgIpc) is 2.18. The van der Waals surface area contributed by atoms with Crippen LogP contribution in [-0.4, -0.2) is 28.7 Å². The highest BCUT2D eigenvalue weighted by atomic mass is 16.3. The maximum Gasteiger partial charge on any atom is 0.250 e. The smallest absolute Gasteiger partial charge is 0.250 e. The summed E-state index contributed by atoms with van der Waals surface area (Å²) in [5.74, 6) is -0.285. The van der Waals surface area contributed by atoms with E-state index in [2.05, 4.69) is 5.32 Å². The molecule has 0 saturated heterocycles. The summed E-state index contributed by atoms with van der Waals surface area (Å²) < 4.78 is 1.30. The van der Waals surface area contributed by atoms with Gasteiger partial charge in [0.1, 0.15) is 6.54 Å². The van der Waals surface area contributed by atoms with Gasteiger partial charge in [0.05, 0.1) is 6.61 Å². The first-order valence-corrected chi connectivity index (χ1v) is 4.27. The van der Waals surface area contributed by atoms with Crippen LogP contribution >= 0.6 is 0 Å². The van der Waals surface area contributed by atoms with Crippen molar-refractivity contribution in [3.05, 3.63) is 34.7 Å². The Morgan fingerprint density at radius 1 is 1.50 bits per heavy atom. The largest absolute Gasteiger partial charge is 0.395 e. The van der Waals surface area contributed by atoms with Gasteiger partial charge in [-0.2, -0.15) is 0 Å². The number of aliphatic hydroxyl groups is 1. The topological polar surface area (TPSA) is 71.3 Å². The molecular formula is C9H12N2O3. The third-order valence-electron chi connectivity index (χ3n) is 1.65. The fourth-order valence-corrected chi connectivity index (χ4v) is 0.997. The molecule has 0 radical (unpaired) electrons. The lowest BCUT2D eigenvalue weighted by atomic mass is 10.4. The quantitative estimate of drug-likeness (QED) is 0.646. The molecule has 0 aromatic carbocycles. The molecule has 0 atom stereocenters. The van der Waals surface area contributed by atoms with Gasteiger partial charge in [-0.3, -0.25) is 9.59 Å². The van der Waals surface area contributed by atoms with E-state index in [-0.39, 0.29) is 31.2 Å². The molecule has 0 saturated carbocycles. The highest BCUT2D eigenvalue weighted by Crippen LogP contribution is 1.81. The maximum atomic E-state index is 11.2. The van der Waals surface area contributed by atoms with E-state index in [1.165, 1.54) is 10.6 Å². The predicted molar refractivity (Wildman–Crippen MR) is 50.8 cm³/mol. The Morgan fingerprint density at radius 2 is 2.29 bits per heavy atom. The van der Waals surface area contributed by atoms with E-state index in [0.717, 1.165) is 0 Å². The van der Waals surface area contributed by atoms with E-state index >= 15 is 0 Å². The Labute approximate surface area is 81.0 Å². The normalized spacial score (nSPS) is 9.79. The van der Waals surface area contributed by atoms with Gasteiger partial charge in [0.2, 0.25) is 5.91 Å². The van der Waals surface area contributed by atoms with Crippen LogP contribution in [0.5, 0.6) is 0 Å². The molecule has 2 N–H and O–H groups in total. The first-order valence-electron chi connectivity index (χ1n) is 4.27. The summed E-state index contributed by atoms with van der Waals surface area (Å²) in [5.41, 5.74) is -0.216. The Bertz CT molecular complexity index is 359. The van der Waals surface area contributed by atoms with E-state index in [1.807, 2.05) is 0 Å². The van der Waals surface area contributed by atoms with Crippen LogP contribution in [0.2, 0.25) is 0 Å². The van der Waals surface area contributed by atoms with Gasteiger partial charge in [-0.25, -0.2) is 0 Å². The van der Waals surface area contributed by atoms with E-state index in [4.69, 9.17) is 5.11 Å². The molecule has 0 bridgehead atoms. The molecule has 14 heavy (non-hydrogen) atoms. The lowest BCUT2D eigenvalue weighted by molar-refractivity contribution is -0.121. The number of aliphatic hydroxyl groups excluding tert-OH is 1. The monoisotopic (exact) mass is 196 g/mol. The third-order valence-corrected chi connectivity index (χ3v) is 1.65. The number of hydrogen-bond acceptors (Lipinski definition) is 3. The number of hydrogen-bond donors (Lipinski definition) is 2. The van der Waals surface area contributed by atoms with E-state index < -0.39 is 0 Å². The van der Waals surface area contributed by atoms with Crippen LogP contribution < -0.4 is 10.9 Å². The van der Waals surface area contributed by atoms with Crippen LogP contribution in [0.25, 0.3) is 0 Å². The lowest BCUT2D eigenvalue weighted by Gasteiger charge is -2.04. The van der Waals surface area contributed by atoms with Gasteiger partial charge in [0, 0.05) is 18.8 Å². The minimum absolute atomic E-state index is 0.0142. The van der Waals surface area contributed by atoms with Gasteiger partial charge in [0.25, 0.3) is 5.56 Å². The van der Waals surface area contributed by atoms with Gasteiger partial charge in [-0.05, 0) is 6.07 Å². The molecule has 1 aromatic heterocycles. The standard InChI is InChI=1S/C9H12N2O3/c12-6-4-10-8(13)7-11-5-2-1-3-9(11)14/h1-3,5,12H,4,6-7H2,(H,10,13). The summed E-state index contributed by atoms with van der Waals surface area (Å²) in [6.07, 6.45) is 1.54. The second-order valence-electron chi connectivity index (χ2n) is 2.74. The molecule has 0 unspecified atom stereocenters. The molecule has 0 aliphatic carbocycles. The highest BCUT2D eigenvalue weighted by Gasteiger charge is 2.01. The van der Waals surface area contributed by atoms with Crippen molar-refractivity contribution in [3.63, 3.8) is 0 Å². The maximum absolute atomic E-state index is 11.2. The number of carbonyl (C=O) groups is 1. The molecule has 1 amide bonds. The fourth-order valence-electron chi connectivity index (χ4n) is 0.997. The number of rotatable bonds is 4. The molecule has 5 heteroatoms. The number of aromatic nitrogens is 1. The molecule has 1 aromatic rings. The van der Waals surface area contributed by atoms with Crippen LogP contribution in [0.4, 0.5) is 0 Å². The molecule has 0 aliphatic rings. The van der Waals surface area contributed by atoms with Gasteiger partial charge in [-0.15, -0.1) is 0 Å². The van der Waals surface area contributed by atoms with Gasteiger partial charge in [-0.1, -0.05) is 6.07 Å². The highest BCUT2D eigenvalue weighted by molar-refractivity contribution is 5.75. The van der Waals surface area contributed by atoms with Crippen molar-refractivity contribution in [2.75, 3.05) is 13.2 Å². The Hall–Kier alpha value is -1.62. The van der Waals surface area contributed by atoms with E-state index in [9.17, 15) is 9.59 Å². The molecular weight excluding hydrogens is 184 g/mol. The van der Waals surface area contributed by atoms with Crippen molar-refractivity contribution in [3.8, 4) is 0 Å². The predicted octanol–water partition coefficient (Wildman–Crippen LogP) is -1.04. The Kier molecular flexibility index (Phi) is 3.87. The second kappa shape index (κ2) is 5.18. The van der Waals surface area contributed by atoms with Crippen LogP contribution in [0.15, 0.2) is 29.2 Å². The SMILES string of the molecule is O=C(Cn1ccccc1=O)NCCO. The average molecular weight is 196 g/mol. The van der Waals surface area contributed by atoms with E-state index in [1.54, 1.807) is 18.3 Å². The molecule has 0 fully saturated rings. The summed E-state index contributed by atoms with van der Waals surface area (Å²) in [4.78, 5) is 22.3. The third kappa shape index (κ3) is 3.02. The minimum Gasteiger partial charge on any atom is -0.395 e. The van der Waals surface area contributed by atoms with Crippen molar-refractivity contribution < 1.29 is 9.90 Å². The van der Waals surface area contributed by atoms with E-state index in [0.29, 0.717) is 0 Å². The number of carbonyl (C=O) groups excluding carboxylic acids is 1. The number of pyridine rings is 1. The molecule has 5 nitrogen and oxygen atoms in total. The Balaban J connectivity index is 2.56. The van der Waals surface area contributed by atoms with Crippen molar-refractivity contribution in [1.29, 1.82) is 0 Å². The number of amides is 1. The second-order valence-corrected chi connectivity index (χ2v) is 2.74. The summed E-state index contributed by atoms with van der Waals surface area (Å²) in [6, 6.07) is 4.69. The summed E-state index contributed by atoms with van der Waals surface area (Å²) in [7, 11) is 0. The van der Waals surface area contributed by atoms with Crippen LogP contribution in [-0.2, 0) is 11.3 Å². The number of nitrogens with one attached hydrogen (secondary N) is 1. The first-order chi connectivity index (χ1) is 6.74. The van der Waals surface area contributed by atoms with Crippen molar-refractivity contribution in [2.45, 2.75) is 6.54 Å². The van der Waals surface area contributed by atoms with Crippen LogP contribution in [0.3, 0.4) is 0 Å². The first kappa shape index (κ1) is 10.5. The molecule has 1 rings (SSSR count). The number of nitrogens with zero attached hydrogens (tertiary/aromatic N) is 1. The van der Waals surface area contributed by atoms with Gasteiger partial charge < -0.3 is 15.0 Å². The van der Waals surface area contributed by atoms with Crippen molar-refractivity contribution >= 4 is 5.91 Å². The molecule has 0 spiro atoms. The zero-order valence-electron chi connectivity index (χ0n) is 7.64.